The van der Waals surface area contributed by atoms with Crippen molar-refractivity contribution >= 4 is 17.3 Å². The van der Waals surface area contributed by atoms with Crippen molar-refractivity contribution in [2.24, 2.45) is 0 Å². The molecular formula is C12H14ClNO3. The SMILES string of the molecule is O=[N+]([O-])c1ccc(OC2CCCC2)c(CCl)c1. The second-order valence-corrected chi connectivity index (χ2v) is 4.47. The van der Waals surface area contributed by atoms with Gasteiger partial charge in [0.15, 0.2) is 0 Å². The molecule has 1 aliphatic carbocycles. The van der Waals surface area contributed by atoms with Crippen LogP contribution < -0.4 is 4.74 Å². The lowest BCUT2D eigenvalue weighted by atomic mass is 10.2. The van der Waals surface area contributed by atoms with Gasteiger partial charge in [0.1, 0.15) is 5.75 Å². The first-order valence-corrected chi connectivity index (χ1v) is 6.24. The largest absolute Gasteiger partial charge is 0.490 e. The first-order chi connectivity index (χ1) is 8.20. The summed E-state index contributed by atoms with van der Waals surface area (Å²) in [5.74, 6) is 0.904. The molecule has 0 amide bonds. The molecule has 0 aliphatic heterocycles. The first-order valence-electron chi connectivity index (χ1n) is 5.70. The summed E-state index contributed by atoms with van der Waals surface area (Å²) in [5, 5.41) is 10.6. The van der Waals surface area contributed by atoms with E-state index in [0.29, 0.717) is 11.3 Å². The average molecular weight is 256 g/mol. The number of hydrogen-bond donors (Lipinski definition) is 0. The minimum atomic E-state index is -0.421. The lowest BCUT2D eigenvalue weighted by Gasteiger charge is -2.15. The number of rotatable bonds is 4. The summed E-state index contributed by atoms with van der Waals surface area (Å²) >= 11 is 5.79. The van der Waals surface area contributed by atoms with Crippen LogP contribution in [0.15, 0.2) is 18.2 Å². The predicted molar refractivity (Wildman–Crippen MR) is 65.5 cm³/mol. The van der Waals surface area contributed by atoms with E-state index in [1.54, 1.807) is 6.07 Å². The molecule has 92 valence electrons. The zero-order chi connectivity index (χ0) is 12.3. The van der Waals surface area contributed by atoms with Crippen LogP contribution in [0, 0.1) is 10.1 Å². The fourth-order valence-electron chi connectivity index (χ4n) is 2.08. The zero-order valence-electron chi connectivity index (χ0n) is 9.39. The van der Waals surface area contributed by atoms with E-state index in [2.05, 4.69) is 0 Å². The van der Waals surface area contributed by atoms with Crippen molar-refractivity contribution in [1.82, 2.24) is 0 Å². The van der Waals surface area contributed by atoms with E-state index in [1.165, 1.54) is 25.0 Å². The summed E-state index contributed by atoms with van der Waals surface area (Å²) < 4.78 is 5.83. The standard InChI is InChI=1S/C12H14ClNO3/c13-8-9-7-10(14(15)16)5-6-12(9)17-11-3-1-2-4-11/h5-7,11H,1-4,8H2. The van der Waals surface area contributed by atoms with Crippen molar-refractivity contribution in [3.63, 3.8) is 0 Å². The highest BCUT2D eigenvalue weighted by atomic mass is 35.5. The minimum Gasteiger partial charge on any atom is -0.490 e. The topological polar surface area (TPSA) is 52.4 Å². The van der Waals surface area contributed by atoms with Gasteiger partial charge in [-0.3, -0.25) is 10.1 Å². The lowest BCUT2D eigenvalue weighted by Crippen LogP contribution is -2.12. The van der Waals surface area contributed by atoms with Crippen molar-refractivity contribution in [1.29, 1.82) is 0 Å². The van der Waals surface area contributed by atoms with Gasteiger partial charge in [0.05, 0.1) is 16.9 Å². The summed E-state index contributed by atoms with van der Waals surface area (Å²) in [7, 11) is 0. The molecule has 0 atom stereocenters. The zero-order valence-corrected chi connectivity index (χ0v) is 10.2. The summed E-state index contributed by atoms with van der Waals surface area (Å²) in [5.41, 5.74) is 0.743. The monoisotopic (exact) mass is 255 g/mol. The molecule has 2 rings (SSSR count). The first kappa shape index (κ1) is 12.2. The van der Waals surface area contributed by atoms with Crippen molar-refractivity contribution in [2.45, 2.75) is 37.7 Å². The molecule has 0 heterocycles. The molecule has 5 heteroatoms. The molecule has 0 aromatic heterocycles. The predicted octanol–water partition coefficient (Wildman–Crippen LogP) is 3.66. The highest BCUT2D eigenvalue weighted by Crippen LogP contribution is 2.30. The van der Waals surface area contributed by atoms with E-state index in [4.69, 9.17) is 16.3 Å². The molecular weight excluding hydrogens is 242 g/mol. The number of ether oxygens (including phenoxy) is 1. The molecule has 1 aromatic rings. The van der Waals surface area contributed by atoms with Gasteiger partial charge in [0, 0.05) is 17.7 Å². The van der Waals surface area contributed by atoms with Crippen LogP contribution in [0.3, 0.4) is 0 Å². The number of nitro groups is 1. The molecule has 1 aliphatic rings. The van der Waals surface area contributed by atoms with Gasteiger partial charge in [-0.1, -0.05) is 0 Å². The molecule has 0 bridgehead atoms. The third-order valence-electron chi connectivity index (χ3n) is 2.99. The molecule has 4 nitrogen and oxygen atoms in total. The van der Waals surface area contributed by atoms with Gasteiger partial charge in [-0.15, -0.1) is 11.6 Å². The van der Waals surface area contributed by atoms with Crippen LogP contribution in [-0.2, 0) is 5.88 Å². The molecule has 1 aromatic carbocycles. The number of halogens is 1. The number of benzene rings is 1. The van der Waals surface area contributed by atoms with Crippen LogP contribution in [0.5, 0.6) is 5.75 Å². The molecule has 0 spiro atoms. The Morgan fingerprint density at radius 2 is 2.12 bits per heavy atom. The maximum atomic E-state index is 10.6. The third kappa shape index (κ3) is 2.88. The third-order valence-corrected chi connectivity index (χ3v) is 3.28. The van der Waals surface area contributed by atoms with E-state index < -0.39 is 4.92 Å². The van der Waals surface area contributed by atoms with Gasteiger partial charge in [-0.25, -0.2) is 0 Å². The van der Waals surface area contributed by atoms with E-state index in [0.717, 1.165) is 12.8 Å². The number of hydrogen-bond acceptors (Lipinski definition) is 3. The maximum Gasteiger partial charge on any atom is 0.270 e. The average Bonchev–Trinajstić information content (AvgIpc) is 2.82. The molecule has 0 radical (unpaired) electrons. The van der Waals surface area contributed by atoms with Gasteiger partial charge in [0.2, 0.25) is 0 Å². The Balaban J connectivity index is 2.18. The normalized spacial score (nSPS) is 16.1. The van der Waals surface area contributed by atoms with E-state index in [1.807, 2.05) is 0 Å². The van der Waals surface area contributed by atoms with Gasteiger partial charge in [0.25, 0.3) is 5.69 Å². The molecule has 1 saturated carbocycles. The van der Waals surface area contributed by atoms with Crippen LogP contribution in [-0.4, -0.2) is 11.0 Å². The van der Waals surface area contributed by atoms with Crippen LogP contribution in [0.1, 0.15) is 31.2 Å². The fourth-order valence-corrected chi connectivity index (χ4v) is 2.29. The minimum absolute atomic E-state index is 0.0550. The Morgan fingerprint density at radius 1 is 1.41 bits per heavy atom. The van der Waals surface area contributed by atoms with Crippen LogP contribution >= 0.6 is 11.6 Å². The molecule has 17 heavy (non-hydrogen) atoms. The summed E-state index contributed by atoms with van der Waals surface area (Å²) in [6, 6.07) is 4.59. The van der Waals surface area contributed by atoms with E-state index in [-0.39, 0.29) is 17.7 Å². The number of nitrogens with zero attached hydrogens (tertiary/aromatic N) is 1. The second-order valence-electron chi connectivity index (χ2n) is 4.21. The van der Waals surface area contributed by atoms with Crippen LogP contribution in [0.2, 0.25) is 0 Å². The Morgan fingerprint density at radius 3 is 2.71 bits per heavy atom. The number of nitro benzene ring substituents is 1. The highest BCUT2D eigenvalue weighted by molar-refractivity contribution is 6.17. The Bertz CT molecular complexity index is 416. The van der Waals surface area contributed by atoms with Crippen molar-refractivity contribution < 1.29 is 9.66 Å². The quantitative estimate of drug-likeness (QED) is 0.469. The van der Waals surface area contributed by atoms with E-state index in [9.17, 15) is 10.1 Å². The van der Waals surface area contributed by atoms with Gasteiger partial charge >= 0.3 is 0 Å². The molecule has 1 fully saturated rings. The molecule has 0 saturated heterocycles. The smallest absolute Gasteiger partial charge is 0.270 e. The Labute approximate surface area is 105 Å². The molecule has 0 N–H and O–H groups in total. The van der Waals surface area contributed by atoms with Crippen molar-refractivity contribution in [2.75, 3.05) is 0 Å². The van der Waals surface area contributed by atoms with Gasteiger partial charge < -0.3 is 4.74 Å². The lowest BCUT2D eigenvalue weighted by molar-refractivity contribution is -0.384. The van der Waals surface area contributed by atoms with Gasteiger partial charge in [-0.05, 0) is 31.7 Å². The van der Waals surface area contributed by atoms with Crippen molar-refractivity contribution in [3.8, 4) is 5.75 Å². The fraction of sp³-hybridized carbons (Fsp3) is 0.500. The highest BCUT2D eigenvalue weighted by Gasteiger charge is 2.19. The van der Waals surface area contributed by atoms with E-state index >= 15 is 0 Å². The Kier molecular flexibility index (Phi) is 3.84. The summed E-state index contributed by atoms with van der Waals surface area (Å²) in [6.45, 7) is 0. The number of alkyl halides is 1. The van der Waals surface area contributed by atoms with Crippen LogP contribution in [0.25, 0.3) is 0 Å². The maximum absolute atomic E-state index is 10.6. The molecule has 0 unspecified atom stereocenters. The summed E-state index contributed by atoms with van der Waals surface area (Å²) in [6.07, 6.45) is 4.72. The second kappa shape index (κ2) is 5.36. The number of non-ortho nitro benzene ring substituents is 1. The van der Waals surface area contributed by atoms with Crippen molar-refractivity contribution in [3.05, 3.63) is 33.9 Å². The Hall–Kier alpha value is -1.29. The summed E-state index contributed by atoms with van der Waals surface area (Å²) in [4.78, 5) is 10.2. The van der Waals surface area contributed by atoms with Crippen LogP contribution in [0.4, 0.5) is 5.69 Å². The van der Waals surface area contributed by atoms with Gasteiger partial charge in [-0.2, -0.15) is 0 Å².